The lowest BCUT2D eigenvalue weighted by Gasteiger charge is -2.05. The Balaban J connectivity index is 3.50. The third kappa shape index (κ3) is 4.65. The Morgan fingerprint density at radius 3 is 2.67 bits per heavy atom. The number of rotatable bonds is 5. The monoisotopic (exact) mass is 175 g/mol. The van der Waals surface area contributed by atoms with Gasteiger partial charge in [0.1, 0.15) is 0 Å². The van der Waals surface area contributed by atoms with Crippen LogP contribution in [0, 0.1) is 16.0 Å². The maximum Gasteiger partial charge on any atom is 0.308 e. The smallest absolute Gasteiger partial charge is 0.308 e. The van der Waals surface area contributed by atoms with Crippen LogP contribution in [0.1, 0.15) is 19.8 Å². The van der Waals surface area contributed by atoms with Crippen molar-refractivity contribution in [3.8, 4) is 0 Å². The third-order valence-corrected chi connectivity index (χ3v) is 1.58. The molecule has 70 valence electrons. The number of nitro groups is 1. The second kappa shape index (κ2) is 5.51. The summed E-state index contributed by atoms with van der Waals surface area (Å²) in [7, 11) is 1.31. The molecule has 0 heterocycles. The molecule has 0 radical (unpaired) electrons. The molecular weight excluding hydrogens is 162 g/mol. The number of hydrogen-bond acceptors (Lipinski definition) is 4. The highest BCUT2D eigenvalue weighted by molar-refractivity contribution is 5.71. The molecular formula is C7H13NO4. The molecule has 0 aliphatic carbocycles. The van der Waals surface area contributed by atoms with Gasteiger partial charge in [0, 0.05) is 11.3 Å². The zero-order chi connectivity index (χ0) is 9.56. The number of hydrogen-bond donors (Lipinski definition) is 0. The number of methoxy groups -OCH3 is 1. The second-order valence-electron chi connectivity index (χ2n) is 2.62. The molecule has 0 fully saturated rings. The summed E-state index contributed by atoms with van der Waals surface area (Å²) in [5.74, 6) is -0.548. The third-order valence-electron chi connectivity index (χ3n) is 1.58. The number of carbonyl (C=O) groups is 1. The fourth-order valence-corrected chi connectivity index (χ4v) is 0.846. The van der Waals surface area contributed by atoms with Crippen LogP contribution in [0.15, 0.2) is 0 Å². The lowest BCUT2D eigenvalue weighted by Crippen LogP contribution is -2.14. The first-order valence-electron chi connectivity index (χ1n) is 3.77. The van der Waals surface area contributed by atoms with E-state index in [1.54, 1.807) is 6.92 Å². The molecule has 0 saturated carbocycles. The molecule has 0 aromatic heterocycles. The summed E-state index contributed by atoms with van der Waals surface area (Å²) in [5.41, 5.74) is 0. The lowest BCUT2D eigenvalue weighted by atomic mass is 10.1. The zero-order valence-corrected chi connectivity index (χ0v) is 7.28. The Hall–Kier alpha value is -1.13. The van der Waals surface area contributed by atoms with Crippen LogP contribution in [0.3, 0.4) is 0 Å². The van der Waals surface area contributed by atoms with Crippen LogP contribution in [0.4, 0.5) is 0 Å². The molecule has 0 aromatic rings. The predicted molar refractivity (Wildman–Crippen MR) is 42.3 cm³/mol. The first-order valence-corrected chi connectivity index (χ1v) is 3.77. The van der Waals surface area contributed by atoms with Gasteiger partial charge in [-0.3, -0.25) is 14.9 Å². The molecule has 12 heavy (non-hydrogen) atoms. The summed E-state index contributed by atoms with van der Waals surface area (Å²) < 4.78 is 4.46. The van der Waals surface area contributed by atoms with Crippen LogP contribution in [0.25, 0.3) is 0 Å². The molecule has 5 heteroatoms. The van der Waals surface area contributed by atoms with Crippen molar-refractivity contribution in [2.75, 3.05) is 13.7 Å². The number of ether oxygens (including phenoxy) is 1. The summed E-state index contributed by atoms with van der Waals surface area (Å²) in [6.45, 7) is 1.62. The Morgan fingerprint density at radius 2 is 2.25 bits per heavy atom. The average Bonchev–Trinajstić information content (AvgIpc) is 2.02. The van der Waals surface area contributed by atoms with Crippen molar-refractivity contribution in [3.63, 3.8) is 0 Å². The van der Waals surface area contributed by atoms with Crippen LogP contribution in [0.5, 0.6) is 0 Å². The lowest BCUT2D eigenvalue weighted by molar-refractivity contribution is -0.480. The normalized spacial score (nSPS) is 12.2. The molecule has 0 saturated heterocycles. The maximum atomic E-state index is 10.8. The zero-order valence-electron chi connectivity index (χ0n) is 7.28. The summed E-state index contributed by atoms with van der Waals surface area (Å²) in [6.07, 6.45) is 0.928. The molecule has 0 aliphatic heterocycles. The van der Waals surface area contributed by atoms with Crippen LogP contribution in [-0.2, 0) is 9.53 Å². The van der Waals surface area contributed by atoms with Crippen molar-refractivity contribution in [2.24, 2.45) is 5.92 Å². The molecule has 0 rings (SSSR count). The van der Waals surface area contributed by atoms with Crippen molar-refractivity contribution in [1.29, 1.82) is 0 Å². The topological polar surface area (TPSA) is 69.4 Å². The Morgan fingerprint density at radius 1 is 1.67 bits per heavy atom. The highest BCUT2D eigenvalue weighted by atomic mass is 16.6. The summed E-state index contributed by atoms with van der Waals surface area (Å²) in [6, 6.07) is 0. The van der Waals surface area contributed by atoms with E-state index in [1.807, 2.05) is 0 Å². The molecule has 0 aliphatic rings. The van der Waals surface area contributed by atoms with E-state index >= 15 is 0 Å². The largest absolute Gasteiger partial charge is 0.469 e. The molecule has 1 unspecified atom stereocenters. The Bertz CT molecular complexity index is 169. The maximum absolute atomic E-state index is 10.8. The van der Waals surface area contributed by atoms with E-state index in [1.165, 1.54) is 7.11 Å². The van der Waals surface area contributed by atoms with Crippen LogP contribution in [-0.4, -0.2) is 24.5 Å². The van der Waals surface area contributed by atoms with Gasteiger partial charge in [-0.1, -0.05) is 6.92 Å². The number of esters is 1. The molecule has 0 amide bonds. The van der Waals surface area contributed by atoms with Crippen LogP contribution < -0.4 is 0 Å². The quantitative estimate of drug-likeness (QED) is 0.353. The van der Waals surface area contributed by atoms with Crippen molar-refractivity contribution in [1.82, 2.24) is 0 Å². The molecule has 0 spiro atoms. The average molecular weight is 175 g/mol. The Labute approximate surface area is 70.9 Å². The number of carbonyl (C=O) groups excluding carboxylic acids is 1. The van der Waals surface area contributed by atoms with E-state index < -0.39 is 0 Å². The van der Waals surface area contributed by atoms with Crippen LogP contribution >= 0.6 is 0 Å². The van der Waals surface area contributed by atoms with Gasteiger partial charge >= 0.3 is 5.97 Å². The van der Waals surface area contributed by atoms with Gasteiger partial charge < -0.3 is 4.74 Å². The minimum absolute atomic E-state index is 0.0820. The molecule has 1 atom stereocenters. The predicted octanol–water partition coefficient (Wildman–Crippen LogP) is 0.852. The van der Waals surface area contributed by atoms with Gasteiger partial charge in [-0.15, -0.1) is 0 Å². The van der Waals surface area contributed by atoms with E-state index in [0.717, 1.165) is 0 Å². The van der Waals surface area contributed by atoms with E-state index in [9.17, 15) is 14.9 Å². The molecule has 5 nitrogen and oxygen atoms in total. The minimum Gasteiger partial charge on any atom is -0.469 e. The second-order valence-corrected chi connectivity index (χ2v) is 2.62. The van der Waals surface area contributed by atoms with Gasteiger partial charge in [0.25, 0.3) is 0 Å². The van der Waals surface area contributed by atoms with Crippen LogP contribution in [0.2, 0.25) is 0 Å². The van der Waals surface area contributed by atoms with Gasteiger partial charge in [0.2, 0.25) is 6.54 Å². The highest BCUT2D eigenvalue weighted by Crippen LogP contribution is 2.06. The van der Waals surface area contributed by atoms with Gasteiger partial charge in [-0.2, -0.15) is 0 Å². The fourth-order valence-electron chi connectivity index (χ4n) is 0.846. The summed E-state index contributed by atoms with van der Waals surface area (Å²) >= 11 is 0. The SMILES string of the molecule is COC(=O)C(C)CCC[N+](=O)[O-]. The Kier molecular flexibility index (Phi) is 4.99. The number of nitrogens with zero attached hydrogens (tertiary/aromatic N) is 1. The first kappa shape index (κ1) is 10.9. The molecule has 0 bridgehead atoms. The minimum atomic E-state index is -0.385. The molecule has 0 N–H and O–H groups in total. The van der Waals surface area contributed by atoms with Gasteiger partial charge in [-0.25, -0.2) is 0 Å². The van der Waals surface area contributed by atoms with Crippen molar-refractivity contribution in [2.45, 2.75) is 19.8 Å². The standard InChI is InChI=1S/C7H13NO4/c1-6(7(9)12-2)4-3-5-8(10)11/h6H,3-5H2,1-2H3. The van der Waals surface area contributed by atoms with E-state index in [0.29, 0.717) is 12.8 Å². The molecule has 0 aromatic carbocycles. The van der Waals surface area contributed by atoms with Crippen molar-refractivity contribution in [3.05, 3.63) is 10.1 Å². The van der Waals surface area contributed by atoms with E-state index in [2.05, 4.69) is 4.74 Å². The first-order chi connectivity index (χ1) is 5.57. The summed E-state index contributed by atoms with van der Waals surface area (Å²) in [5, 5.41) is 9.91. The summed E-state index contributed by atoms with van der Waals surface area (Å²) in [4.78, 5) is 20.3. The van der Waals surface area contributed by atoms with Crippen molar-refractivity contribution >= 4 is 5.97 Å². The van der Waals surface area contributed by atoms with Gasteiger partial charge in [-0.05, 0) is 6.42 Å². The fraction of sp³-hybridized carbons (Fsp3) is 0.857. The van der Waals surface area contributed by atoms with Gasteiger partial charge in [0.05, 0.1) is 13.0 Å². The van der Waals surface area contributed by atoms with E-state index in [4.69, 9.17) is 0 Å². The van der Waals surface area contributed by atoms with E-state index in [-0.39, 0.29) is 23.4 Å². The van der Waals surface area contributed by atoms with Gasteiger partial charge in [0.15, 0.2) is 0 Å². The highest BCUT2D eigenvalue weighted by Gasteiger charge is 2.13. The van der Waals surface area contributed by atoms with Crippen molar-refractivity contribution < 1.29 is 14.5 Å².